The molecule has 0 bridgehead atoms. The number of ether oxygens (including phenoxy) is 1. The van der Waals surface area contributed by atoms with Gasteiger partial charge in [0, 0.05) is 50.3 Å². The zero-order valence-electron chi connectivity index (χ0n) is 27.9. The molecule has 0 fully saturated rings. The van der Waals surface area contributed by atoms with Crippen molar-refractivity contribution >= 4 is 55.9 Å². The second kappa shape index (κ2) is 14.8. The van der Waals surface area contributed by atoms with E-state index in [0.29, 0.717) is 22.4 Å². The van der Waals surface area contributed by atoms with Crippen molar-refractivity contribution in [1.82, 2.24) is 24.7 Å². The molecule has 2 aromatic carbocycles. The van der Waals surface area contributed by atoms with Gasteiger partial charge in [-0.25, -0.2) is 18.6 Å². The summed E-state index contributed by atoms with van der Waals surface area (Å²) in [6, 6.07) is 16.5. The van der Waals surface area contributed by atoms with E-state index in [1.54, 1.807) is 28.1 Å². The number of anilines is 5. The van der Waals surface area contributed by atoms with Gasteiger partial charge >= 0.3 is 6.09 Å². The van der Waals surface area contributed by atoms with Gasteiger partial charge in [-0.3, -0.25) is 23.5 Å². The Morgan fingerprint density at radius 2 is 1.86 bits per heavy atom. The van der Waals surface area contributed by atoms with Crippen molar-refractivity contribution in [2.45, 2.75) is 45.3 Å². The summed E-state index contributed by atoms with van der Waals surface area (Å²) in [5, 5.41) is 10.0. The highest BCUT2D eigenvalue weighted by molar-refractivity contribution is 7.85. The van der Waals surface area contributed by atoms with Gasteiger partial charge < -0.3 is 15.0 Å². The van der Waals surface area contributed by atoms with Crippen LogP contribution in [0.4, 0.5) is 42.3 Å². The number of benzene rings is 2. The van der Waals surface area contributed by atoms with E-state index in [1.807, 2.05) is 49.4 Å². The lowest BCUT2D eigenvalue weighted by Crippen LogP contribution is -2.44. The van der Waals surface area contributed by atoms with Gasteiger partial charge in [-0.1, -0.05) is 42.5 Å². The second-order valence-corrected chi connectivity index (χ2v) is 13.7. The van der Waals surface area contributed by atoms with Crippen LogP contribution in [0.25, 0.3) is 11.0 Å². The lowest BCUT2D eigenvalue weighted by molar-refractivity contribution is -0.0280. The molecule has 14 nitrogen and oxygen atoms in total. The average molecular weight is 723 g/mol. The Morgan fingerprint density at radius 1 is 1.06 bits per heavy atom. The smallest absolute Gasteiger partial charge is 0.414 e. The van der Waals surface area contributed by atoms with Crippen molar-refractivity contribution in [3.05, 3.63) is 94.7 Å². The van der Waals surface area contributed by atoms with E-state index in [0.717, 1.165) is 17.4 Å². The summed E-state index contributed by atoms with van der Waals surface area (Å²) in [4.78, 5) is 40.1. The zero-order chi connectivity index (χ0) is 36.2. The predicted molar refractivity (Wildman–Crippen MR) is 187 cm³/mol. The quantitative estimate of drug-likeness (QED) is 0.145. The predicted octanol–water partition coefficient (Wildman–Crippen LogP) is 5.64. The van der Waals surface area contributed by atoms with Gasteiger partial charge in [-0.15, -0.1) is 0 Å². The van der Waals surface area contributed by atoms with Gasteiger partial charge in [0.2, 0.25) is 5.95 Å². The van der Waals surface area contributed by atoms with Crippen LogP contribution in [0.3, 0.4) is 0 Å². The number of fused-ring (bicyclic) bond motifs is 2. The minimum absolute atomic E-state index is 0.0949. The van der Waals surface area contributed by atoms with Gasteiger partial charge in [-0.2, -0.15) is 18.5 Å². The number of halogens is 2. The second-order valence-electron chi connectivity index (χ2n) is 12.1. The third-order valence-electron chi connectivity index (χ3n) is 8.29. The standard InChI is InChI=1S/C34H36F2N8O6S/c1-23-8-6-11-27-29(23)43(33(46)49-22-24-9-4-3-5-10-24)16-15-42(27)28-18-25-19-37-32(40-26-20-38-39-21-26)41-30(25)44(31(28)45)14-7-12-34(35,36)13-17-50-51(2,47)48/h3-6,8-11,18-21H,7,12-17,22H2,1-2H3,(H,38,39)(H,37,40,41). The minimum atomic E-state index is -3.86. The van der Waals surface area contributed by atoms with Crippen LogP contribution in [0.5, 0.6) is 0 Å². The fraction of sp³-hybridized carbons (Fsp3) is 0.324. The third-order valence-corrected chi connectivity index (χ3v) is 8.89. The Hall–Kier alpha value is -5.42. The molecule has 268 valence electrons. The van der Waals surface area contributed by atoms with Gasteiger partial charge in [0.05, 0.1) is 36.1 Å². The van der Waals surface area contributed by atoms with E-state index < -0.39 is 47.1 Å². The Labute approximate surface area is 292 Å². The maximum absolute atomic E-state index is 14.8. The van der Waals surface area contributed by atoms with Crippen LogP contribution < -0.4 is 20.7 Å². The number of hydrogen-bond acceptors (Lipinski definition) is 11. The number of H-pyrrole nitrogens is 1. The largest absolute Gasteiger partial charge is 0.444 e. The van der Waals surface area contributed by atoms with Gasteiger partial charge in [-0.05, 0) is 36.6 Å². The number of hydrogen-bond donors (Lipinski definition) is 2. The van der Waals surface area contributed by atoms with Crippen molar-refractivity contribution in [2.75, 3.05) is 41.1 Å². The SMILES string of the molecule is Cc1cccc2c1N(C(=O)OCc1ccccc1)CCN2c1cc2cnc(Nc3cn[nH]c3)nc2n(CCCC(F)(F)CCOS(C)(=O)=O)c1=O. The number of alkyl halides is 2. The first-order chi connectivity index (χ1) is 24.4. The molecule has 0 unspecified atom stereocenters. The molecule has 1 amide bonds. The molecule has 0 aliphatic carbocycles. The molecule has 0 spiro atoms. The number of pyridine rings is 1. The maximum atomic E-state index is 14.8. The molecular weight excluding hydrogens is 686 g/mol. The van der Waals surface area contributed by atoms with Crippen molar-refractivity contribution in [3.63, 3.8) is 0 Å². The van der Waals surface area contributed by atoms with E-state index in [1.165, 1.54) is 17.0 Å². The summed E-state index contributed by atoms with van der Waals surface area (Å²) >= 11 is 0. The first-order valence-corrected chi connectivity index (χ1v) is 17.9. The molecule has 6 rings (SSSR count). The number of carbonyl (C=O) groups excluding carboxylic acids is 1. The van der Waals surface area contributed by atoms with Crippen LogP contribution in [0, 0.1) is 6.92 Å². The molecule has 17 heteroatoms. The normalized spacial score (nSPS) is 13.3. The number of aromatic amines is 1. The number of carbonyl (C=O) groups is 1. The molecule has 5 aromatic rings. The summed E-state index contributed by atoms with van der Waals surface area (Å²) in [7, 11) is -3.86. The molecule has 2 N–H and O–H groups in total. The van der Waals surface area contributed by atoms with Crippen LogP contribution >= 0.6 is 0 Å². The molecule has 4 heterocycles. The fourth-order valence-electron chi connectivity index (χ4n) is 5.89. The van der Waals surface area contributed by atoms with Crippen LogP contribution in [0.2, 0.25) is 0 Å². The number of rotatable bonds is 13. The minimum Gasteiger partial charge on any atom is -0.444 e. The summed E-state index contributed by atoms with van der Waals surface area (Å²) in [6.45, 7) is 1.61. The van der Waals surface area contributed by atoms with Crippen molar-refractivity contribution in [1.29, 1.82) is 0 Å². The highest BCUT2D eigenvalue weighted by Gasteiger charge is 2.32. The Balaban J connectivity index is 1.32. The summed E-state index contributed by atoms with van der Waals surface area (Å²) < 4.78 is 63.5. The number of aryl methyl sites for hydroxylation is 2. The lowest BCUT2D eigenvalue weighted by Gasteiger charge is -2.38. The Morgan fingerprint density at radius 3 is 2.61 bits per heavy atom. The molecule has 51 heavy (non-hydrogen) atoms. The molecule has 0 saturated heterocycles. The number of aromatic nitrogens is 5. The molecule has 0 saturated carbocycles. The maximum Gasteiger partial charge on any atom is 0.414 e. The van der Waals surface area contributed by atoms with Crippen molar-refractivity contribution in [2.24, 2.45) is 0 Å². The van der Waals surface area contributed by atoms with Crippen molar-refractivity contribution in [3.8, 4) is 0 Å². The van der Waals surface area contributed by atoms with Gasteiger partial charge in [0.25, 0.3) is 21.6 Å². The van der Waals surface area contributed by atoms with Gasteiger partial charge in [0.15, 0.2) is 0 Å². The first-order valence-electron chi connectivity index (χ1n) is 16.1. The van der Waals surface area contributed by atoms with E-state index in [2.05, 4.69) is 29.7 Å². The van der Waals surface area contributed by atoms with E-state index in [4.69, 9.17) is 4.74 Å². The number of amides is 1. The van der Waals surface area contributed by atoms with E-state index >= 15 is 0 Å². The van der Waals surface area contributed by atoms with Crippen LogP contribution in [0.1, 0.15) is 30.4 Å². The third kappa shape index (κ3) is 8.49. The van der Waals surface area contributed by atoms with Crippen molar-refractivity contribution < 1.29 is 30.9 Å². The highest BCUT2D eigenvalue weighted by atomic mass is 32.2. The van der Waals surface area contributed by atoms with Crippen LogP contribution in [-0.4, -0.2) is 71.1 Å². The topological polar surface area (TPSA) is 165 Å². The number of nitrogens with zero attached hydrogens (tertiary/aromatic N) is 6. The average Bonchev–Trinajstić information content (AvgIpc) is 3.61. The Bertz CT molecular complexity index is 2180. The Kier molecular flexibility index (Phi) is 10.3. The number of nitrogens with one attached hydrogen (secondary N) is 2. The van der Waals surface area contributed by atoms with E-state index in [9.17, 15) is 26.8 Å². The number of para-hydroxylation sites is 1. The molecule has 0 radical (unpaired) electrons. The summed E-state index contributed by atoms with van der Waals surface area (Å²) in [5.41, 5.74) is 3.37. The molecule has 3 aromatic heterocycles. The molecule has 0 atom stereocenters. The van der Waals surface area contributed by atoms with E-state index in [-0.39, 0.29) is 49.9 Å². The van der Waals surface area contributed by atoms with Gasteiger partial charge in [0.1, 0.15) is 17.9 Å². The fourth-order valence-corrected chi connectivity index (χ4v) is 6.28. The highest BCUT2D eigenvalue weighted by Crippen LogP contribution is 2.40. The molecular formula is C34H36F2N8O6S. The molecule has 1 aliphatic rings. The first kappa shape index (κ1) is 35.4. The summed E-state index contributed by atoms with van der Waals surface area (Å²) in [5.74, 6) is -3.08. The van der Waals surface area contributed by atoms with Crippen LogP contribution in [-0.2, 0) is 32.2 Å². The van der Waals surface area contributed by atoms with Crippen LogP contribution in [0.15, 0.2) is 78.0 Å². The zero-order valence-corrected chi connectivity index (χ0v) is 28.7. The molecule has 1 aliphatic heterocycles. The monoisotopic (exact) mass is 722 g/mol. The summed E-state index contributed by atoms with van der Waals surface area (Å²) in [6.07, 6.45) is 3.36. The lowest BCUT2D eigenvalue weighted by atomic mass is 10.1.